The summed E-state index contributed by atoms with van der Waals surface area (Å²) in [5, 5.41) is 6.06. The number of aryl methyl sites for hydroxylation is 1. The summed E-state index contributed by atoms with van der Waals surface area (Å²) < 4.78 is 5.61. The summed E-state index contributed by atoms with van der Waals surface area (Å²) >= 11 is 5.99. The van der Waals surface area contributed by atoms with Crippen molar-refractivity contribution in [2.75, 3.05) is 11.9 Å². The Morgan fingerprint density at radius 3 is 2.87 bits per heavy atom. The molecule has 2 aromatic rings. The zero-order valence-corrected chi connectivity index (χ0v) is 14.0. The van der Waals surface area contributed by atoms with Gasteiger partial charge < -0.3 is 15.4 Å². The van der Waals surface area contributed by atoms with Crippen molar-refractivity contribution < 1.29 is 9.53 Å². The molecule has 0 saturated carbocycles. The van der Waals surface area contributed by atoms with Gasteiger partial charge in [0.1, 0.15) is 5.75 Å². The quantitative estimate of drug-likeness (QED) is 0.834. The smallest absolute Gasteiger partial charge is 0.319 e. The summed E-state index contributed by atoms with van der Waals surface area (Å²) in [7, 11) is 0. The number of amides is 2. The van der Waals surface area contributed by atoms with E-state index < -0.39 is 0 Å². The van der Waals surface area contributed by atoms with Gasteiger partial charge in [-0.05, 0) is 43.7 Å². The highest BCUT2D eigenvalue weighted by Crippen LogP contribution is 2.28. The number of halogens is 1. The van der Waals surface area contributed by atoms with E-state index >= 15 is 0 Å². The highest BCUT2D eigenvalue weighted by Gasteiger charge is 2.09. The first-order valence-electron chi connectivity index (χ1n) is 7.48. The minimum absolute atomic E-state index is 0.336. The van der Waals surface area contributed by atoms with Gasteiger partial charge in [-0.2, -0.15) is 0 Å². The first-order chi connectivity index (χ1) is 11.1. The third-order valence-electron chi connectivity index (χ3n) is 3.03. The van der Waals surface area contributed by atoms with Crippen LogP contribution in [0.4, 0.5) is 10.5 Å². The van der Waals surface area contributed by atoms with Crippen molar-refractivity contribution in [3.8, 4) is 5.75 Å². The lowest BCUT2D eigenvalue weighted by atomic mass is 10.3. The van der Waals surface area contributed by atoms with E-state index in [1.807, 2.05) is 32.0 Å². The van der Waals surface area contributed by atoms with Crippen LogP contribution in [0.3, 0.4) is 0 Å². The maximum atomic E-state index is 12.1. The van der Waals surface area contributed by atoms with E-state index in [2.05, 4.69) is 15.6 Å². The summed E-state index contributed by atoms with van der Waals surface area (Å²) in [4.78, 5) is 16.4. The van der Waals surface area contributed by atoms with E-state index in [0.29, 0.717) is 29.6 Å². The van der Waals surface area contributed by atoms with E-state index in [9.17, 15) is 4.79 Å². The second-order valence-corrected chi connectivity index (χ2v) is 5.50. The fraction of sp³-hybridized carbons (Fsp3) is 0.294. The molecule has 5 nitrogen and oxygen atoms in total. The van der Waals surface area contributed by atoms with Gasteiger partial charge in [-0.25, -0.2) is 4.79 Å². The van der Waals surface area contributed by atoms with Crippen LogP contribution >= 0.6 is 11.6 Å². The van der Waals surface area contributed by atoms with Gasteiger partial charge in [0.15, 0.2) is 0 Å². The molecule has 23 heavy (non-hydrogen) atoms. The molecule has 1 heterocycles. The molecule has 0 aliphatic heterocycles. The number of benzene rings is 1. The third kappa shape index (κ3) is 5.45. The Labute approximate surface area is 141 Å². The number of rotatable bonds is 6. The number of hydrogen-bond acceptors (Lipinski definition) is 3. The molecular formula is C17H20ClN3O2. The largest absolute Gasteiger partial charge is 0.491 e. The van der Waals surface area contributed by atoms with Crippen molar-refractivity contribution >= 4 is 23.3 Å². The lowest BCUT2D eigenvalue weighted by Crippen LogP contribution is -2.28. The van der Waals surface area contributed by atoms with Crippen molar-refractivity contribution in [3.05, 3.63) is 52.8 Å². The maximum absolute atomic E-state index is 12.1. The first-order valence-corrected chi connectivity index (χ1v) is 7.86. The van der Waals surface area contributed by atoms with Crippen molar-refractivity contribution in [1.82, 2.24) is 10.3 Å². The van der Waals surface area contributed by atoms with Gasteiger partial charge in [-0.1, -0.05) is 24.6 Å². The van der Waals surface area contributed by atoms with Gasteiger partial charge in [0.05, 0.1) is 24.5 Å². The molecule has 0 bridgehead atoms. The van der Waals surface area contributed by atoms with Crippen LogP contribution in [0.15, 0.2) is 36.4 Å². The molecule has 0 aliphatic rings. The Balaban J connectivity index is 1.97. The number of aromatic nitrogens is 1. The standard InChI is InChI=1S/C17H20ClN3O2/c1-3-9-23-16-8-7-13(18)10-15(16)21-17(22)19-11-14-6-4-5-12(2)20-14/h4-8,10H,3,9,11H2,1-2H3,(H2,19,21,22). The molecule has 2 amide bonds. The van der Waals surface area contributed by atoms with Crippen LogP contribution in [0, 0.1) is 6.92 Å². The van der Waals surface area contributed by atoms with Gasteiger partial charge in [0, 0.05) is 10.7 Å². The predicted octanol–water partition coefficient (Wildman–Crippen LogP) is 4.15. The summed E-state index contributed by atoms with van der Waals surface area (Å²) in [6, 6.07) is 10.5. The van der Waals surface area contributed by atoms with E-state index in [-0.39, 0.29) is 6.03 Å². The van der Waals surface area contributed by atoms with Crippen LogP contribution in [0.25, 0.3) is 0 Å². The summed E-state index contributed by atoms with van der Waals surface area (Å²) in [6.45, 7) is 4.85. The molecule has 6 heteroatoms. The zero-order chi connectivity index (χ0) is 16.7. The fourth-order valence-electron chi connectivity index (χ4n) is 1.97. The Hall–Kier alpha value is -2.27. The predicted molar refractivity (Wildman–Crippen MR) is 92.1 cm³/mol. The monoisotopic (exact) mass is 333 g/mol. The second-order valence-electron chi connectivity index (χ2n) is 5.07. The number of nitrogens with one attached hydrogen (secondary N) is 2. The normalized spacial score (nSPS) is 10.2. The number of carbonyl (C=O) groups excluding carboxylic acids is 1. The van der Waals surface area contributed by atoms with Crippen LogP contribution in [0.1, 0.15) is 24.7 Å². The molecule has 2 rings (SSSR count). The number of ether oxygens (including phenoxy) is 1. The molecule has 2 N–H and O–H groups in total. The van der Waals surface area contributed by atoms with Crippen molar-refractivity contribution in [2.24, 2.45) is 0 Å². The average molecular weight is 334 g/mol. The topological polar surface area (TPSA) is 63.2 Å². The van der Waals surface area contributed by atoms with Crippen LogP contribution < -0.4 is 15.4 Å². The van der Waals surface area contributed by atoms with E-state index in [4.69, 9.17) is 16.3 Å². The SMILES string of the molecule is CCCOc1ccc(Cl)cc1NC(=O)NCc1cccc(C)n1. The number of nitrogens with zero attached hydrogens (tertiary/aromatic N) is 1. The van der Waals surface area contributed by atoms with E-state index in [0.717, 1.165) is 17.8 Å². The van der Waals surface area contributed by atoms with Gasteiger partial charge in [0.2, 0.25) is 0 Å². The fourth-order valence-corrected chi connectivity index (χ4v) is 2.15. The molecule has 0 radical (unpaired) electrons. The van der Waals surface area contributed by atoms with Gasteiger partial charge >= 0.3 is 6.03 Å². The molecule has 1 aromatic heterocycles. The molecule has 122 valence electrons. The van der Waals surface area contributed by atoms with Crippen LogP contribution in [0.5, 0.6) is 5.75 Å². The van der Waals surface area contributed by atoms with Gasteiger partial charge in [-0.15, -0.1) is 0 Å². The average Bonchev–Trinajstić information content (AvgIpc) is 2.52. The molecule has 0 atom stereocenters. The number of hydrogen-bond donors (Lipinski definition) is 2. The minimum atomic E-state index is -0.336. The molecule has 1 aromatic carbocycles. The van der Waals surface area contributed by atoms with Crippen molar-refractivity contribution in [2.45, 2.75) is 26.8 Å². The number of pyridine rings is 1. The number of anilines is 1. The van der Waals surface area contributed by atoms with Crippen molar-refractivity contribution in [3.63, 3.8) is 0 Å². The molecule has 0 fully saturated rings. The first kappa shape index (κ1) is 17.1. The Morgan fingerprint density at radius 2 is 2.13 bits per heavy atom. The van der Waals surface area contributed by atoms with Crippen LogP contribution in [-0.2, 0) is 6.54 Å². The molecule has 0 unspecified atom stereocenters. The zero-order valence-electron chi connectivity index (χ0n) is 13.2. The van der Waals surface area contributed by atoms with Crippen LogP contribution in [-0.4, -0.2) is 17.6 Å². The Kier molecular flexibility index (Phi) is 6.23. The lowest BCUT2D eigenvalue weighted by molar-refractivity contribution is 0.251. The molecule has 0 saturated heterocycles. The highest BCUT2D eigenvalue weighted by atomic mass is 35.5. The number of urea groups is 1. The van der Waals surface area contributed by atoms with E-state index in [1.165, 1.54) is 0 Å². The molecular weight excluding hydrogens is 314 g/mol. The highest BCUT2D eigenvalue weighted by molar-refractivity contribution is 6.31. The summed E-state index contributed by atoms with van der Waals surface area (Å²) in [5.74, 6) is 0.597. The maximum Gasteiger partial charge on any atom is 0.319 e. The van der Waals surface area contributed by atoms with Crippen molar-refractivity contribution in [1.29, 1.82) is 0 Å². The van der Waals surface area contributed by atoms with Crippen LogP contribution in [0.2, 0.25) is 5.02 Å². The second kappa shape index (κ2) is 8.39. The van der Waals surface area contributed by atoms with Gasteiger partial charge in [-0.3, -0.25) is 4.98 Å². The summed E-state index contributed by atoms with van der Waals surface area (Å²) in [6.07, 6.45) is 0.882. The summed E-state index contributed by atoms with van der Waals surface area (Å²) in [5.41, 5.74) is 2.25. The third-order valence-corrected chi connectivity index (χ3v) is 3.26. The van der Waals surface area contributed by atoms with E-state index in [1.54, 1.807) is 18.2 Å². The molecule has 0 aliphatic carbocycles. The molecule has 0 spiro atoms. The minimum Gasteiger partial charge on any atom is -0.491 e. The lowest BCUT2D eigenvalue weighted by Gasteiger charge is -2.13. The Morgan fingerprint density at radius 1 is 1.30 bits per heavy atom. The van der Waals surface area contributed by atoms with Gasteiger partial charge in [0.25, 0.3) is 0 Å². The Bertz CT molecular complexity index is 677. The number of carbonyl (C=O) groups is 1.